The van der Waals surface area contributed by atoms with Gasteiger partial charge < -0.3 is 15.2 Å². The van der Waals surface area contributed by atoms with E-state index in [0.29, 0.717) is 10.9 Å². The Bertz CT molecular complexity index is 820. The second kappa shape index (κ2) is 7.96. The third kappa shape index (κ3) is 4.07. The molecule has 0 bridgehead atoms. The molecule has 1 saturated heterocycles. The Balaban J connectivity index is 1.65. The fourth-order valence-corrected chi connectivity index (χ4v) is 3.20. The average Bonchev–Trinajstić information content (AvgIpc) is 2.60. The van der Waals surface area contributed by atoms with Gasteiger partial charge in [-0.05, 0) is 25.0 Å². The molecule has 0 unspecified atom stereocenters. The highest BCUT2D eigenvalue weighted by Crippen LogP contribution is 2.10. The Morgan fingerprint density at radius 3 is 2.48 bits per heavy atom. The summed E-state index contributed by atoms with van der Waals surface area (Å²) >= 11 is 0. The van der Waals surface area contributed by atoms with E-state index in [1.165, 1.54) is 12.6 Å². The molecule has 1 aromatic carbocycles. The van der Waals surface area contributed by atoms with Crippen LogP contribution in [0.3, 0.4) is 0 Å². The minimum absolute atomic E-state index is 0.0270. The van der Waals surface area contributed by atoms with Crippen molar-refractivity contribution >= 4 is 22.7 Å². The van der Waals surface area contributed by atoms with E-state index in [4.69, 9.17) is 0 Å². The van der Waals surface area contributed by atoms with Gasteiger partial charge in [-0.3, -0.25) is 14.4 Å². The Kier molecular flexibility index (Phi) is 5.48. The highest BCUT2D eigenvalue weighted by molar-refractivity contribution is 5.98. The second-order valence-corrected chi connectivity index (χ2v) is 6.41. The average molecular weight is 341 g/mol. The highest BCUT2D eigenvalue weighted by atomic mass is 16.2. The third-order valence-electron chi connectivity index (χ3n) is 4.64. The predicted octanol–water partition coefficient (Wildman–Crippen LogP) is 2.05. The number of likely N-dealkylation sites (tertiary alicyclic amines) is 1. The molecule has 0 atom stereocenters. The van der Waals surface area contributed by atoms with Gasteiger partial charge in [0.25, 0.3) is 5.91 Å². The van der Waals surface area contributed by atoms with Crippen LogP contribution in [0, 0.1) is 0 Å². The zero-order chi connectivity index (χ0) is 17.6. The normalized spacial score (nSPS) is 15.4. The number of carbonyl (C=O) groups is 2. The molecule has 0 radical (unpaired) electrons. The van der Waals surface area contributed by atoms with E-state index in [1.807, 2.05) is 11.0 Å². The standard InChI is InChI=1S/C19H23N3O3/c23-17(22-10-6-2-1-3-7-11-22)13-21-19(25)15-12-20-16-9-5-4-8-14(16)18(15)24/h4-5,8-9,12H,1-3,6-7,10-11,13H2,(H,20,24)(H,21,25). The van der Waals surface area contributed by atoms with E-state index < -0.39 is 5.91 Å². The van der Waals surface area contributed by atoms with Gasteiger partial charge in [-0.25, -0.2) is 0 Å². The molecule has 0 saturated carbocycles. The van der Waals surface area contributed by atoms with Gasteiger partial charge in [0.2, 0.25) is 11.3 Å². The second-order valence-electron chi connectivity index (χ2n) is 6.41. The Labute approximate surface area is 146 Å². The van der Waals surface area contributed by atoms with Gasteiger partial charge in [-0.2, -0.15) is 0 Å². The van der Waals surface area contributed by atoms with Crippen molar-refractivity contribution in [2.75, 3.05) is 19.6 Å². The van der Waals surface area contributed by atoms with Crippen LogP contribution in [-0.4, -0.2) is 41.3 Å². The first-order valence-electron chi connectivity index (χ1n) is 8.83. The number of aromatic nitrogens is 1. The van der Waals surface area contributed by atoms with E-state index in [9.17, 15) is 14.4 Å². The van der Waals surface area contributed by atoms with Gasteiger partial charge in [-0.15, -0.1) is 0 Å². The monoisotopic (exact) mass is 341 g/mol. The molecule has 1 aromatic heterocycles. The molecule has 132 valence electrons. The molecule has 6 nitrogen and oxygen atoms in total. The summed E-state index contributed by atoms with van der Waals surface area (Å²) in [4.78, 5) is 41.8. The predicted molar refractivity (Wildman–Crippen MR) is 96.6 cm³/mol. The maximum atomic E-state index is 12.4. The SMILES string of the molecule is O=C(NCC(=O)N1CCCCCCC1)c1c[nH]c2ccccc2c1=O. The summed E-state index contributed by atoms with van der Waals surface area (Å²) in [6.07, 6.45) is 6.92. The van der Waals surface area contributed by atoms with Gasteiger partial charge in [0.15, 0.2) is 0 Å². The molecule has 2 N–H and O–H groups in total. The summed E-state index contributed by atoms with van der Waals surface area (Å²) in [7, 11) is 0. The fraction of sp³-hybridized carbons (Fsp3) is 0.421. The van der Waals surface area contributed by atoms with Gasteiger partial charge in [0.05, 0.1) is 6.54 Å². The first kappa shape index (κ1) is 17.2. The number of para-hydroxylation sites is 1. The van der Waals surface area contributed by atoms with E-state index in [-0.39, 0.29) is 23.4 Å². The van der Waals surface area contributed by atoms with E-state index in [2.05, 4.69) is 10.3 Å². The number of aromatic amines is 1. The van der Waals surface area contributed by atoms with Crippen LogP contribution in [0.15, 0.2) is 35.3 Å². The minimum Gasteiger partial charge on any atom is -0.360 e. The minimum atomic E-state index is -0.521. The number of pyridine rings is 1. The van der Waals surface area contributed by atoms with E-state index >= 15 is 0 Å². The van der Waals surface area contributed by atoms with Crippen LogP contribution >= 0.6 is 0 Å². The molecule has 25 heavy (non-hydrogen) atoms. The molecule has 1 fully saturated rings. The maximum absolute atomic E-state index is 12.4. The Morgan fingerprint density at radius 2 is 1.72 bits per heavy atom. The Morgan fingerprint density at radius 1 is 1.04 bits per heavy atom. The smallest absolute Gasteiger partial charge is 0.257 e. The molecule has 3 rings (SSSR count). The number of H-pyrrole nitrogens is 1. The number of hydrogen-bond acceptors (Lipinski definition) is 3. The summed E-state index contributed by atoms with van der Waals surface area (Å²) < 4.78 is 0. The molecule has 1 aliphatic heterocycles. The van der Waals surface area contributed by atoms with Crippen molar-refractivity contribution < 1.29 is 9.59 Å². The molecule has 2 heterocycles. The lowest BCUT2D eigenvalue weighted by molar-refractivity contribution is -0.130. The summed E-state index contributed by atoms with van der Waals surface area (Å²) in [5.74, 6) is -0.611. The van der Waals surface area contributed by atoms with Crippen molar-refractivity contribution in [3.8, 4) is 0 Å². The molecular formula is C19H23N3O3. The number of rotatable bonds is 3. The molecule has 2 aromatic rings. The third-order valence-corrected chi connectivity index (χ3v) is 4.64. The lowest BCUT2D eigenvalue weighted by atomic mass is 10.1. The number of carbonyl (C=O) groups excluding carboxylic acids is 2. The van der Waals surface area contributed by atoms with Crippen LogP contribution in [-0.2, 0) is 4.79 Å². The van der Waals surface area contributed by atoms with Crippen molar-refractivity contribution in [1.29, 1.82) is 0 Å². The van der Waals surface area contributed by atoms with Gasteiger partial charge in [0, 0.05) is 30.2 Å². The van der Waals surface area contributed by atoms with E-state index in [1.54, 1.807) is 18.2 Å². The molecular weight excluding hydrogens is 318 g/mol. The Hall–Kier alpha value is -2.63. The molecule has 0 spiro atoms. The number of amides is 2. The molecule has 1 aliphatic rings. The van der Waals surface area contributed by atoms with Crippen molar-refractivity contribution in [1.82, 2.24) is 15.2 Å². The first-order chi connectivity index (χ1) is 12.2. The number of fused-ring (bicyclic) bond motifs is 1. The number of nitrogens with one attached hydrogen (secondary N) is 2. The van der Waals surface area contributed by atoms with Crippen LogP contribution in [0.4, 0.5) is 0 Å². The molecule has 2 amide bonds. The van der Waals surface area contributed by atoms with Crippen molar-refractivity contribution in [2.45, 2.75) is 32.1 Å². The topological polar surface area (TPSA) is 82.3 Å². The number of nitrogens with zero attached hydrogens (tertiary/aromatic N) is 1. The molecule has 0 aliphatic carbocycles. The lowest BCUT2D eigenvalue weighted by Gasteiger charge is -2.24. The van der Waals surface area contributed by atoms with E-state index in [0.717, 1.165) is 38.8 Å². The fourth-order valence-electron chi connectivity index (χ4n) is 3.20. The zero-order valence-electron chi connectivity index (χ0n) is 14.2. The lowest BCUT2D eigenvalue weighted by Crippen LogP contribution is -2.42. The van der Waals surface area contributed by atoms with Crippen LogP contribution in [0.25, 0.3) is 10.9 Å². The molecule has 6 heteroatoms. The largest absolute Gasteiger partial charge is 0.360 e. The number of hydrogen-bond donors (Lipinski definition) is 2. The van der Waals surface area contributed by atoms with Crippen molar-refractivity contribution in [2.24, 2.45) is 0 Å². The van der Waals surface area contributed by atoms with Crippen LogP contribution < -0.4 is 10.7 Å². The summed E-state index contributed by atoms with van der Waals surface area (Å²) in [5.41, 5.74) is 0.380. The highest BCUT2D eigenvalue weighted by Gasteiger charge is 2.17. The van der Waals surface area contributed by atoms with Crippen LogP contribution in [0.5, 0.6) is 0 Å². The summed E-state index contributed by atoms with van der Waals surface area (Å²) in [5, 5.41) is 3.05. The van der Waals surface area contributed by atoms with Crippen LogP contribution in [0.1, 0.15) is 42.5 Å². The van der Waals surface area contributed by atoms with Gasteiger partial charge in [-0.1, -0.05) is 31.4 Å². The summed E-state index contributed by atoms with van der Waals surface area (Å²) in [6, 6.07) is 7.03. The quantitative estimate of drug-likeness (QED) is 0.896. The first-order valence-corrected chi connectivity index (χ1v) is 8.83. The van der Waals surface area contributed by atoms with Gasteiger partial charge in [0.1, 0.15) is 5.56 Å². The van der Waals surface area contributed by atoms with Crippen LogP contribution in [0.2, 0.25) is 0 Å². The van der Waals surface area contributed by atoms with Crippen molar-refractivity contribution in [3.63, 3.8) is 0 Å². The van der Waals surface area contributed by atoms with Gasteiger partial charge >= 0.3 is 0 Å². The summed E-state index contributed by atoms with van der Waals surface area (Å²) in [6.45, 7) is 1.40. The maximum Gasteiger partial charge on any atom is 0.257 e. The number of benzene rings is 1. The zero-order valence-corrected chi connectivity index (χ0v) is 14.2. The van der Waals surface area contributed by atoms with Crippen molar-refractivity contribution in [3.05, 3.63) is 46.2 Å².